The first-order chi connectivity index (χ1) is 11.8. The van der Waals surface area contributed by atoms with Crippen LogP contribution in [0.5, 0.6) is 0 Å². The Labute approximate surface area is 148 Å². The van der Waals surface area contributed by atoms with Gasteiger partial charge in [0.2, 0.25) is 0 Å². The number of aromatic nitrogens is 1. The lowest BCUT2D eigenvalue weighted by atomic mass is 10.1. The van der Waals surface area contributed by atoms with E-state index in [1.807, 2.05) is 0 Å². The lowest BCUT2D eigenvalue weighted by molar-refractivity contribution is -0.0888. The minimum Gasteiger partial charge on any atom is -0.321 e. The molecular weight excluding hydrogens is 375 g/mol. The second-order valence-corrected chi connectivity index (χ2v) is 6.61. The molecule has 0 saturated heterocycles. The van der Waals surface area contributed by atoms with Crippen LogP contribution in [0.2, 0.25) is 5.02 Å². The highest BCUT2D eigenvalue weighted by atomic mass is 35.5. The second kappa shape index (κ2) is 6.57. The molecule has 1 N–H and O–H groups in total. The van der Waals surface area contributed by atoms with Crippen molar-refractivity contribution in [3.05, 3.63) is 69.5 Å². The zero-order valence-corrected chi connectivity index (χ0v) is 13.9. The number of hydrogen-bond acceptors (Lipinski definition) is 3. The summed E-state index contributed by atoms with van der Waals surface area (Å²) in [5.41, 5.74) is -1.63. The van der Waals surface area contributed by atoms with Crippen LogP contribution in [0.4, 0.5) is 13.2 Å². The summed E-state index contributed by atoms with van der Waals surface area (Å²) in [6.45, 7) is 0. The van der Waals surface area contributed by atoms with E-state index in [4.69, 9.17) is 11.6 Å². The number of alkyl halides is 3. The third-order valence-electron chi connectivity index (χ3n) is 3.39. The molecule has 1 aromatic heterocycles. The Kier molecular flexibility index (Phi) is 4.62. The van der Waals surface area contributed by atoms with Gasteiger partial charge < -0.3 is 4.98 Å². The molecule has 0 aliphatic rings. The van der Waals surface area contributed by atoms with Crippen LogP contribution >= 0.6 is 23.4 Å². The van der Waals surface area contributed by atoms with Crippen LogP contribution in [0, 0.1) is 0 Å². The van der Waals surface area contributed by atoms with Crippen LogP contribution in [-0.4, -0.2) is 16.9 Å². The fourth-order valence-electron chi connectivity index (χ4n) is 2.29. The zero-order valence-electron chi connectivity index (χ0n) is 12.4. The van der Waals surface area contributed by atoms with Gasteiger partial charge in [0.05, 0.1) is 0 Å². The molecule has 3 nitrogen and oxygen atoms in total. The van der Waals surface area contributed by atoms with Crippen LogP contribution in [0.15, 0.2) is 63.1 Å². The topological polar surface area (TPSA) is 49.9 Å². The lowest BCUT2D eigenvalue weighted by Crippen LogP contribution is -2.30. The molecule has 128 valence electrons. The molecule has 0 bridgehead atoms. The van der Waals surface area contributed by atoms with Gasteiger partial charge in [0.25, 0.3) is 11.3 Å². The minimum absolute atomic E-state index is 0.0380. The largest absolute Gasteiger partial charge is 0.455 e. The highest BCUT2D eigenvalue weighted by Crippen LogP contribution is 2.37. The molecule has 0 spiro atoms. The fraction of sp³-hybridized carbons (Fsp3) is 0.0588. The quantitative estimate of drug-likeness (QED) is 0.642. The number of carbonyl (C=O) groups is 1. The van der Waals surface area contributed by atoms with Gasteiger partial charge in [-0.3, -0.25) is 9.59 Å². The summed E-state index contributed by atoms with van der Waals surface area (Å²) in [6.07, 6.45) is -5.15. The summed E-state index contributed by atoms with van der Waals surface area (Å²) in [4.78, 5) is 26.8. The summed E-state index contributed by atoms with van der Waals surface area (Å²) in [5.74, 6) is -2.17. The maximum Gasteiger partial charge on any atom is 0.455 e. The number of halogens is 4. The monoisotopic (exact) mass is 383 g/mol. The number of H-pyrrole nitrogens is 1. The number of pyridine rings is 1. The summed E-state index contributed by atoms with van der Waals surface area (Å²) >= 11 is 6.72. The molecule has 0 aliphatic heterocycles. The van der Waals surface area contributed by atoms with Crippen molar-refractivity contribution in [2.24, 2.45) is 0 Å². The van der Waals surface area contributed by atoms with Gasteiger partial charge in [0.1, 0.15) is 5.56 Å². The zero-order chi connectivity index (χ0) is 18.2. The van der Waals surface area contributed by atoms with Crippen molar-refractivity contribution in [2.45, 2.75) is 16.0 Å². The van der Waals surface area contributed by atoms with Crippen molar-refractivity contribution in [1.29, 1.82) is 0 Å². The molecule has 0 fully saturated rings. The van der Waals surface area contributed by atoms with E-state index in [0.717, 1.165) is 11.8 Å². The average Bonchev–Trinajstić information content (AvgIpc) is 2.55. The molecule has 3 aromatic rings. The molecular formula is C17H9ClF3NO2S. The Morgan fingerprint density at radius 2 is 1.68 bits per heavy atom. The van der Waals surface area contributed by atoms with Crippen LogP contribution in [0.25, 0.3) is 10.9 Å². The molecule has 0 unspecified atom stereocenters. The van der Waals surface area contributed by atoms with Gasteiger partial charge in [-0.25, -0.2) is 0 Å². The predicted octanol–water partition coefficient (Wildman–Crippen LogP) is 5.08. The number of benzene rings is 2. The van der Waals surface area contributed by atoms with Crippen molar-refractivity contribution in [3.8, 4) is 0 Å². The number of carbonyl (C=O) groups excluding carboxylic acids is 1. The first-order valence-corrected chi connectivity index (χ1v) is 8.17. The maximum atomic E-state index is 13.0. The van der Waals surface area contributed by atoms with Crippen molar-refractivity contribution >= 4 is 40.0 Å². The van der Waals surface area contributed by atoms with Gasteiger partial charge in [-0.15, -0.1) is 0 Å². The van der Waals surface area contributed by atoms with E-state index in [1.54, 1.807) is 48.5 Å². The van der Waals surface area contributed by atoms with Gasteiger partial charge in [-0.1, -0.05) is 41.6 Å². The number of hydrogen-bond donors (Lipinski definition) is 1. The minimum atomic E-state index is -5.15. The maximum absolute atomic E-state index is 13.0. The summed E-state index contributed by atoms with van der Waals surface area (Å²) in [7, 11) is 0. The number of ketones is 1. The van der Waals surface area contributed by atoms with Gasteiger partial charge >= 0.3 is 6.18 Å². The highest BCUT2D eigenvalue weighted by molar-refractivity contribution is 7.99. The first kappa shape index (κ1) is 17.6. The Morgan fingerprint density at radius 3 is 2.32 bits per heavy atom. The average molecular weight is 384 g/mol. The SMILES string of the molecule is O=C(c1c(Sc2ccc(Cl)cc2)c2ccccc2[nH]c1=O)C(F)(F)F. The van der Waals surface area contributed by atoms with Gasteiger partial charge in [-0.2, -0.15) is 13.2 Å². The highest BCUT2D eigenvalue weighted by Gasteiger charge is 2.42. The Morgan fingerprint density at radius 1 is 1.04 bits per heavy atom. The molecule has 0 aliphatic carbocycles. The lowest BCUT2D eigenvalue weighted by Gasteiger charge is -2.13. The van der Waals surface area contributed by atoms with E-state index < -0.39 is 23.1 Å². The third-order valence-corrected chi connectivity index (χ3v) is 4.78. The number of aromatic amines is 1. The number of Topliss-reactive ketones (excluding diaryl/α,β-unsaturated/α-hetero) is 1. The Hall–Kier alpha value is -2.25. The van der Waals surface area contributed by atoms with Crippen molar-refractivity contribution in [3.63, 3.8) is 0 Å². The van der Waals surface area contributed by atoms with Crippen molar-refractivity contribution in [2.75, 3.05) is 0 Å². The van der Waals surface area contributed by atoms with Crippen molar-refractivity contribution in [1.82, 2.24) is 4.98 Å². The number of fused-ring (bicyclic) bond motifs is 1. The standard InChI is InChI=1S/C17H9ClF3NO2S/c18-9-5-7-10(8-6-9)25-14-11-3-1-2-4-12(11)22-16(24)13(14)15(23)17(19,20)21/h1-8H,(H,22,24). The van der Waals surface area contributed by atoms with Crippen LogP contribution < -0.4 is 5.56 Å². The van der Waals surface area contributed by atoms with E-state index in [0.29, 0.717) is 20.8 Å². The molecule has 0 atom stereocenters. The van der Waals surface area contributed by atoms with Crippen LogP contribution in [0.3, 0.4) is 0 Å². The molecule has 8 heteroatoms. The summed E-state index contributed by atoms with van der Waals surface area (Å²) in [5, 5.41) is 0.821. The van der Waals surface area contributed by atoms with E-state index in [9.17, 15) is 22.8 Å². The van der Waals surface area contributed by atoms with E-state index in [1.165, 1.54) is 0 Å². The fourth-order valence-corrected chi connectivity index (χ4v) is 3.50. The first-order valence-electron chi connectivity index (χ1n) is 6.97. The number of para-hydroxylation sites is 1. The third kappa shape index (κ3) is 3.57. The molecule has 0 radical (unpaired) electrons. The molecule has 1 heterocycles. The molecule has 0 saturated carbocycles. The Balaban J connectivity index is 2.27. The normalized spacial score (nSPS) is 11.7. The molecule has 3 rings (SSSR count). The predicted molar refractivity (Wildman–Crippen MR) is 90.5 cm³/mol. The van der Waals surface area contributed by atoms with Crippen LogP contribution in [0.1, 0.15) is 10.4 Å². The molecule has 0 amide bonds. The van der Waals surface area contributed by atoms with E-state index in [2.05, 4.69) is 4.98 Å². The Bertz CT molecular complexity index is 1010. The molecule has 2 aromatic carbocycles. The summed E-state index contributed by atoms with van der Waals surface area (Å²) in [6, 6.07) is 12.7. The van der Waals surface area contributed by atoms with Crippen molar-refractivity contribution < 1.29 is 18.0 Å². The van der Waals surface area contributed by atoms with Crippen LogP contribution in [-0.2, 0) is 0 Å². The van der Waals surface area contributed by atoms with Gasteiger partial charge in [0.15, 0.2) is 0 Å². The van der Waals surface area contributed by atoms with Gasteiger partial charge in [0, 0.05) is 25.7 Å². The number of nitrogens with one attached hydrogen (secondary N) is 1. The number of rotatable bonds is 3. The molecule has 25 heavy (non-hydrogen) atoms. The van der Waals surface area contributed by atoms with E-state index >= 15 is 0 Å². The van der Waals surface area contributed by atoms with E-state index in [-0.39, 0.29) is 4.90 Å². The smallest absolute Gasteiger partial charge is 0.321 e. The summed E-state index contributed by atoms with van der Waals surface area (Å²) < 4.78 is 38.9. The second-order valence-electron chi connectivity index (χ2n) is 5.09. The van der Waals surface area contributed by atoms with Gasteiger partial charge in [-0.05, 0) is 30.3 Å².